The Hall–Kier alpha value is -0.340. The Morgan fingerprint density at radius 3 is 2.50 bits per heavy atom. The van der Waals surface area contributed by atoms with Crippen molar-refractivity contribution in [2.45, 2.75) is 52.2 Å². The lowest BCUT2D eigenvalue weighted by atomic mass is 10.1. The maximum atomic E-state index is 9.61. The van der Waals surface area contributed by atoms with Gasteiger partial charge in [-0.05, 0) is 32.1 Å². The minimum Gasteiger partial charge on any atom is -0.392 e. The van der Waals surface area contributed by atoms with E-state index >= 15 is 0 Å². The minimum atomic E-state index is -0.207. The summed E-state index contributed by atoms with van der Waals surface area (Å²) in [7, 11) is 0. The van der Waals surface area contributed by atoms with Crippen molar-refractivity contribution in [2.75, 3.05) is 6.54 Å². The molecule has 2 unspecified atom stereocenters. The summed E-state index contributed by atoms with van der Waals surface area (Å²) < 4.78 is 0. The second-order valence-electron chi connectivity index (χ2n) is 4.46. The van der Waals surface area contributed by atoms with Gasteiger partial charge in [0.2, 0.25) is 0 Å². The largest absolute Gasteiger partial charge is 0.392 e. The van der Waals surface area contributed by atoms with E-state index in [2.05, 4.69) is 32.7 Å². The topological polar surface area (TPSA) is 32.3 Å². The number of aliphatic hydroxyl groups is 1. The van der Waals surface area contributed by atoms with Gasteiger partial charge in [-0.25, -0.2) is 0 Å². The first-order chi connectivity index (χ1) is 6.56. The van der Waals surface area contributed by atoms with Crippen LogP contribution in [0.1, 0.15) is 40.0 Å². The summed E-state index contributed by atoms with van der Waals surface area (Å²) in [4.78, 5) is 0. The number of nitrogens with one attached hydrogen (secondary N) is 1. The molecule has 2 nitrogen and oxygen atoms in total. The average molecular weight is 199 g/mol. The highest BCUT2D eigenvalue weighted by atomic mass is 16.3. The zero-order valence-electron chi connectivity index (χ0n) is 9.79. The Morgan fingerprint density at radius 2 is 2.00 bits per heavy atom. The van der Waals surface area contributed by atoms with Crippen LogP contribution < -0.4 is 5.32 Å². The van der Waals surface area contributed by atoms with Crippen LogP contribution >= 0.6 is 0 Å². The minimum absolute atomic E-state index is 0.207. The second-order valence-corrected chi connectivity index (χ2v) is 4.46. The summed E-state index contributed by atoms with van der Waals surface area (Å²) in [5.41, 5.74) is 0. The van der Waals surface area contributed by atoms with Crippen LogP contribution in [0, 0.1) is 5.92 Å². The molecule has 0 amide bonds. The van der Waals surface area contributed by atoms with E-state index in [-0.39, 0.29) is 6.10 Å². The maximum Gasteiger partial charge on any atom is 0.0667 e. The van der Waals surface area contributed by atoms with Gasteiger partial charge in [0.25, 0.3) is 0 Å². The lowest BCUT2D eigenvalue weighted by Crippen LogP contribution is -2.34. The highest BCUT2D eigenvalue weighted by Crippen LogP contribution is 2.04. The Morgan fingerprint density at radius 1 is 1.36 bits per heavy atom. The summed E-state index contributed by atoms with van der Waals surface area (Å²) in [6.45, 7) is 10.8. The lowest BCUT2D eigenvalue weighted by Gasteiger charge is -2.17. The third-order valence-corrected chi connectivity index (χ3v) is 2.25. The fourth-order valence-corrected chi connectivity index (χ4v) is 1.43. The van der Waals surface area contributed by atoms with Crippen LogP contribution in [0.4, 0.5) is 0 Å². The van der Waals surface area contributed by atoms with Crippen LogP contribution in [-0.2, 0) is 0 Å². The van der Waals surface area contributed by atoms with Crippen LogP contribution in [0.2, 0.25) is 0 Å². The SMILES string of the molecule is C=CCCC(C)NCC(O)CC(C)C. The molecular formula is C12H25NO. The van der Waals surface area contributed by atoms with E-state index in [1.54, 1.807) is 0 Å². The second kappa shape index (κ2) is 8.01. The molecular weight excluding hydrogens is 174 g/mol. The zero-order chi connectivity index (χ0) is 11.0. The van der Waals surface area contributed by atoms with Crippen molar-refractivity contribution >= 4 is 0 Å². The standard InChI is InChI=1S/C12H25NO/c1-5-6-7-11(4)13-9-12(14)8-10(2)3/h5,10-14H,1,6-9H2,2-4H3. The fourth-order valence-electron chi connectivity index (χ4n) is 1.43. The van der Waals surface area contributed by atoms with Crippen LogP contribution in [-0.4, -0.2) is 23.8 Å². The van der Waals surface area contributed by atoms with E-state index in [4.69, 9.17) is 0 Å². The van der Waals surface area contributed by atoms with Crippen LogP contribution in [0.3, 0.4) is 0 Å². The molecule has 0 aromatic carbocycles. The van der Waals surface area contributed by atoms with E-state index in [9.17, 15) is 5.11 Å². The number of hydrogen-bond donors (Lipinski definition) is 2. The number of hydrogen-bond acceptors (Lipinski definition) is 2. The number of aliphatic hydroxyl groups excluding tert-OH is 1. The van der Waals surface area contributed by atoms with Crippen LogP contribution in [0.15, 0.2) is 12.7 Å². The average Bonchev–Trinajstić information content (AvgIpc) is 2.10. The molecule has 0 aromatic heterocycles. The van der Waals surface area contributed by atoms with Gasteiger partial charge in [0.1, 0.15) is 0 Å². The highest BCUT2D eigenvalue weighted by molar-refractivity contribution is 4.72. The maximum absolute atomic E-state index is 9.61. The summed E-state index contributed by atoms with van der Waals surface area (Å²) in [5.74, 6) is 0.565. The van der Waals surface area contributed by atoms with Crippen LogP contribution in [0.5, 0.6) is 0 Å². The van der Waals surface area contributed by atoms with E-state index in [1.165, 1.54) is 0 Å². The van der Waals surface area contributed by atoms with Crippen molar-refractivity contribution < 1.29 is 5.11 Å². The Labute approximate surface area is 88.4 Å². The molecule has 0 radical (unpaired) electrons. The molecule has 2 atom stereocenters. The molecule has 0 aliphatic carbocycles. The van der Waals surface area contributed by atoms with Crippen molar-refractivity contribution in [3.05, 3.63) is 12.7 Å². The van der Waals surface area contributed by atoms with Crippen molar-refractivity contribution in [2.24, 2.45) is 5.92 Å². The van der Waals surface area contributed by atoms with Gasteiger partial charge in [-0.3, -0.25) is 0 Å². The lowest BCUT2D eigenvalue weighted by molar-refractivity contribution is 0.142. The first-order valence-corrected chi connectivity index (χ1v) is 5.58. The first kappa shape index (κ1) is 13.7. The molecule has 0 aromatic rings. The molecule has 84 valence electrons. The Bertz CT molecular complexity index is 145. The third-order valence-electron chi connectivity index (χ3n) is 2.25. The molecule has 2 heteroatoms. The van der Waals surface area contributed by atoms with Gasteiger partial charge in [0.15, 0.2) is 0 Å². The van der Waals surface area contributed by atoms with Gasteiger partial charge >= 0.3 is 0 Å². The molecule has 0 fully saturated rings. The Kier molecular flexibility index (Phi) is 7.81. The molecule has 0 aliphatic rings. The van der Waals surface area contributed by atoms with Gasteiger partial charge in [0.05, 0.1) is 6.10 Å². The van der Waals surface area contributed by atoms with Gasteiger partial charge in [0, 0.05) is 12.6 Å². The normalized spacial score (nSPS) is 15.5. The van der Waals surface area contributed by atoms with E-state index < -0.39 is 0 Å². The quantitative estimate of drug-likeness (QED) is 0.588. The molecule has 0 bridgehead atoms. The van der Waals surface area contributed by atoms with Crippen molar-refractivity contribution in [1.29, 1.82) is 0 Å². The summed E-state index contributed by atoms with van der Waals surface area (Å²) >= 11 is 0. The molecule has 0 spiro atoms. The molecule has 0 saturated carbocycles. The molecule has 0 aliphatic heterocycles. The van der Waals surface area contributed by atoms with Crippen molar-refractivity contribution in [3.8, 4) is 0 Å². The fraction of sp³-hybridized carbons (Fsp3) is 0.833. The van der Waals surface area contributed by atoms with Gasteiger partial charge in [-0.15, -0.1) is 6.58 Å². The summed E-state index contributed by atoms with van der Waals surface area (Å²) in [5, 5.41) is 12.9. The molecule has 0 rings (SSSR count). The van der Waals surface area contributed by atoms with Crippen LogP contribution in [0.25, 0.3) is 0 Å². The molecule has 0 saturated heterocycles. The zero-order valence-corrected chi connectivity index (χ0v) is 9.79. The van der Waals surface area contributed by atoms with Gasteiger partial charge in [-0.2, -0.15) is 0 Å². The van der Waals surface area contributed by atoms with Gasteiger partial charge < -0.3 is 10.4 Å². The smallest absolute Gasteiger partial charge is 0.0667 e. The molecule has 0 heterocycles. The first-order valence-electron chi connectivity index (χ1n) is 5.58. The predicted molar refractivity (Wildman–Crippen MR) is 62.4 cm³/mol. The van der Waals surface area contributed by atoms with E-state index in [0.29, 0.717) is 18.5 Å². The highest BCUT2D eigenvalue weighted by Gasteiger charge is 2.08. The number of rotatable bonds is 8. The Balaban J connectivity index is 3.45. The molecule has 2 N–H and O–H groups in total. The van der Waals surface area contributed by atoms with E-state index in [1.807, 2.05) is 6.08 Å². The third kappa shape index (κ3) is 8.27. The summed E-state index contributed by atoms with van der Waals surface area (Å²) in [6, 6.07) is 0.467. The predicted octanol–water partition coefficient (Wildman–Crippen LogP) is 2.34. The van der Waals surface area contributed by atoms with E-state index in [0.717, 1.165) is 19.3 Å². The summed E-state index contributed by atoms with van der Waals surface area (Å²) in [6.07, 6.45) is 4.73. The van der Waals surface area contributed by atoms with Crippen molar-refractivity contribution in [3.63, 3.8) is 0 Å². The number of allylic oxidation sites excluding steroid dienone is 1. The monoisotopic (exact) mass is 199 g/mol. The molecule has 14 heavy (non-hydrogen) atoms. The van der Waals surface area contributed by atoms with Crippen molar-refractivity contribution in [1.82, 2.24) is 5.32 Å². The van der Waals surface area contributed by atoms with Gasteiger partial charge in [-0.1, -0.05) is 19.9 Å².